The van der Waals surface area contributed by atoms with Gasteiger partial charge in [0, 0.05) is 0 Å². The lowest BCUT2D eigenvalue weighted by molar-refractivity contribution is 0.295. The monoisotopic (exact) mass is 331 g/mol. The molecule has 2 N–H and O–H groups in total. The number of aromatic nitrogens is 2. The van der Waals surface area contributed by atoms with Gasteiger partial charge in [0.15, 0.2) is 0 Å². The number of anilines is 1. The van der Waals surface area contributed by atoms with E-state index in [9.17, 15) is 0 Å². The molecule has 2 atom stereocenters. The fourth-order valence-corrected chi connectivity index (χ4v) is 4.38. The Labute approximate surface area is 127 Å². The van der Waals surface area contributed by atoms with Crippen molar-refractivity contribution in [1.29, 1.82) is 0 Å². The van der Waals surface area contributed by atoms with E-state index in [0.717, 1.165) is 23.1 Å². The van der Waals surface area contributed by atoms with Crippen LogP contribution in [0.1, 0.15) is 30.0 Å². The largest absolute Gasteiger partial charge is 0.383 e. The zero-order valence-electron chi connectivity index (χ0n) is 11.3. The zero-order chi connectivity index (χ0) is 13.7. The molecule has 2 aliphatic rings. The van der Waals surface area contributed by atoms with E-state index in [2.05, 4.69) is 50.0 Å². The maximum atomic E-state index is 6.20. The summed E-state index contributed by atoms with van der Waals surface area (Å²) in [6.45, 7) is 0. The molecule has 4 rings (SSSR count). The molecule has 2 aliphatic carbocycles. The van der Waals surface area contributed by atoms with Gasteiger partial charge in [0.05, 0.1) is 16.7 Å². The predicted molar refractivity (Wildman–Crippen MR) is 83.4 cm³/mol. The summed E-state index contributed by atoms with van der Waals surface area (Å²) in [7, 11) is 0. The van der Waals surface area contributed by atoms with Gasteiger partial charge in [-0.1, -0.05) is 24.3 Å². The van der Waals surface area contributed by atoms with Gasteiger partial charge in [-0.05, 0) is 64.6 Å². The topological polar surface area (TPSA) is 43.8 Å². The highest BCUT2D eigenvalue weighted by atomic mass is 79.9. The van der Waals surface area contributed by atoms with E-state index in [1.807, 2.05) is 6.20 Å². The summed E-state index contributed by atoms with van der Waals surface area (Å²) in [6.07, 6.45) is 6.73. The Kier molecular flexibility index (Phi) is 2.88. The maximum Gasteiger partial charge on any atom is 0.136 e. The van der Waals surface area contributed by atoms with Gasteiger partial charge in [-0.2, -0.15) is 5.10 Å². The van der Waals surface area contributed by atoms with Gasteiger partial charge in [-0.15, -0.1) is 0 Å². The Balaban J connectivity index is 1.76. The molecule has 0 spiro atoms. The number of halogens is 1. The van der Waals surface area contributed by atoms with Gasteiger partial charge in [-0.25, -0.2) is 4.68 Å². The number of hydrogen-bond donors (Lipinski definition) is 1. The molecule has 104 valence electrons. The van der Waals surface area contributed by atoms with Crippen molar-refractivity contribution in [2.24, 2.45) is 11.8 Å². The van der Waals surface area contributed by atoms with Crippen molar-refractivity contribution in [3.63, 3.8) is 0 Å². The molecule has 1 aromatic carbocycles. The minimum Gasteiger partial charge on any atom is -0.383 e. The molecule has 2 aromatic rings. The summed E-state index contributed by atoms with van der Waals surface area (Å²) in [4.78, 5) is 0. The number of nitrogens with zero attached hydrogens (tertiary/aromatic N) is 2. The molecule has 2 unspecified atom stereocenters. The third-order valence-corrected chi connectivity index (χ3v) is 5.64. The van der Waals surface area contributed by atoms with Crippen LogP contribution >= 0.6 is 15.9 Å². The van der Waals surface area contributed by atoms with Crippen LogP contribution in [0.5, 0.6) is 0 Å². The van der Waals surface area contributed by atoms with Gasteiger partial charge >= 0.3 is 0 Å². The van der Waals surface area contributed by atoms with Crippen LogP contribution in [0.4, 0.5) is 5.82 Å². The second-order valence-corrected chi connectivity index (χ2v) is 6.94. The zero-order valence-corrected chi connectivity index (χ0v) is 12.9. The van der Waals surface area contributed by atoms with E-state index in [1.54, 1.807) is 0 Å². The lowest BCUT2D eigenvalue weighted by Gasteiger charge is -2.23. The second-order valence-electron chi connectivity index (χ2n) is 6.09. The molecule has 1 heterocycles. The molecule has 3 nitrogen and oxygen atoms in total. The van der Waals surface area contributed by atoms with Gasteiger partial charge in [0.2, 0.25) is 0 Å². The fraction of sp³-hybridized carbons (Fsp3) is 0.438. The van der Waals surface area contributed by atoms with Crippen LogP contribution in [0.25, 0.3) is 0 Å². The minimum atomic E-state index is 0.453. The Bertz CT molecular complexity index is 616. The number of hydrogen-bond acceptors (Lipinski definition) is 2. The number of nitrogens with two attached hydrogens (primary N) is 1. The molecule has 2 bridgehead atoms. The first-order valence-electron chi connectivity index (χ1n) is 7.29. The molecule has 0 radical (unpaired) electrons. The first-order chi connectivity index (χ1) is 9.74. The van der Waals surface area contributed by atoms with E-state index in [4.69, 9.17) is 5.73 Å². The standard InChI is InChI=1S/C16H18BrN3/c17-14-9-19-20(16(14)18)15-12-5-6-13(15)8-11-4-2-1-3-10(11)7-12/h1-4,9,12-13,15H,5-8,18H2. The summed E-state index contributed by atoms with van der Waals surface area (Å²) in [6, 6.07) is 9.34. The average Bonchev–Trinajstić information content (AvgIpc) is 2.91. The fourth-order valence-electron chi connectivity index (χ4n) is 4.11. The van der Waals surface area contributed by atoms with Crippen molar-refractivity contribution in [2.45, 2.75) is 31.7 Å². The van der Waals surface area contributed by atoms with E-state index < -0.39 is 0 Å². The van der Waals surface area contributed by atoms with Crippen molar-refractivity contribution in [3.8, 4) is 0 Å². The second kappa shape index (κ2) is 4.62. The third-order valence-electron chi connectivity index (χ3n) is 5.03. The quantitative estimate of drug-likeness (QED) is 0.867. The van der Waals surface area contributed by atoms with Crippen LogP contribution < -0.4 is 5.73 Å². The first-order valence-corrected chi connectivity index (χ1v) is 8.08. The highest BCUT2D eigenvalue weighted by molar-refractivity contribution is 9.10. The summed E-state index contributed by atoms with van der Waals surface area (Å²) in [5.41, 5.74) is 9.24. The lowest BCUT2D eigenvalue weighted by atomic mass is 9.94. The molecule has 1 saturated carbocycles. The molecule has 4 heteroatoms. The Morgan fingerprint density at radius 1 is 1.10 bits per heavy atom. The minimum absolute atomic E-state index is 0.453. The van der Waals surface area contributed by atoms with Crippen molar-refractivity contribution in [1.82, 2.24) is 9.78 Å². The Morgan fingerprint density at radius 2 is 1.70 bits per heavy atom. The first kappa shape index (κ1) is 12.5. The van der Waals surface area contributed by atoms with Gasteiger partial charge < -0.3 is 5.73 Å². The molecule has 1 aromatic heterocycles. The lowest BCUT2D eigenvalue weighted by Crippen LogP contribution is -2.23. The van der Waals surface area contributed by atoms with Crippen LogP contribution in [0.3, 0.4) is 0 Å². The molecular weight excluding hydrogens is 314 g/mol. The highest BCUT2D eigenvalue weighted by Crippen LogP contribution is 2.48. The van der Waals surface area contributed by atoms with E-state index in [0.29, 0.717) is 17.9 Å². The maximum absolute atomic E-state index is 6.20. The van der Waals surface area contributed by atoms with E-state index in [1.165, 1.54) is 24.0 Å². The Hall–Kier alpha value is -1.29. The number of nitrogen functional groups attached to an aromatic ring is 1. The van der Waals surface area contributed by atoms with Gasteiger partial charge in [-0.3, -0.25) is 0 Å². The normalized spacial score (nSPS) is 28.1. The van der Waals surface area contributed by atoms with Crippen LogP contribution in [-0.4, -0.2) is 9.78 Å². The van der Waals surface area contributed by atoms with Crippen LogP contribution in [0.15, 0.2) is 34.9 Å². The van der Waals surface area contributed by atoms with Crippen molar-refractivity contribution < 1.29 is 0 Å². The van der Waals surface area contributed by atoms with Crippen LogP contribution in [0.2, 0.25) is 0 Å². The Morgan fingerprint density at radius 3 is 2.20 bits per heavy atom. The summed E-state index contributed by atoms with van der Waals surface area (Å²) in [5.74, 6) is 2.10. The molecule has 0 amide bonds. The SMILES string of the molecule is Nc1c(Br)cnn1C1C2CCC1Cc1ccccc1C2. The third kappa shape index (κ3) is 1.81. The van der Waals surface area contributed by atoms with Gasteiger partial charge in [0.1, 0.15) is 5.82 Å². The smallest absolute Gasteiger partial charge is 0.136 e. The van der Waals surface area contributed by atoms with Crippen LogP contribution in [0, 0.1) is 11.8 Å². The van der Waals surface area contributed by atoms with Crippen molar-refractivity contribution >= 4 is 21.7 Å². The van der Waals surface area contributed by atoms with E-state index in [-0.39, 0.29) is 0 Å². The number of benzene rings is 1. The predicted octanol–water partition coefficient (Wildman–Crippen LogP) is 3.59. The number of fused-ring (bicyclic) bond motifs is 3. The van der Waals surface area contributed by atoms with Crippen LogP contribution in [-0.2, 0) is 12.8 Å². The molecule has 0 aliphatic heterocycles. The summed E-state index contributed by atoms with van der Waals surface area (Å²) in [5, 5.41) is 4.53. The molecular formula is C16H18BrN3. The molecule has 20 heavy (non-hydrogen) atoms. The number of rotatable bonds is 1. The van der Waals surface area contributed by atoms with Gasteiger partial charge in [0.25, 0.3) is 0 Å². The van der Waals surface area contributed by atoms with Crippen molar-refractivity contribution in [2.75, 3.05) is 5.73 Å². The molecule has 1 fully saturated rings. The van der Waals surface area contributed by atoms with Crippen molar-refractivity contribution in [3.05, 3.63) is 46.1 Å². The van der Waals surface area contributed by atoms with E-state index >= 15 is 0 Å². The summed E-state index contributed by atoms with van der Waals surface area (Å²) >= 11 is 3.48. The average molecular weight is 332 g/mol. The highest BCUT2D eigenvalue weighted by Gasteiger charge is 2.41. The molecule has 0 saturated heterocycles. The summed E-state index contributed by atoms with van der Waals surface area (Å²) < 4.78 is 2.98.